The lowest BCUT2D eigenvalue weighted by Gasteiger charge is -2.26. The molecule has 0 unspecified atom stereocenters. The average molecular weight is 395 g/mol. The molecule has 1 aliphatic rings. The minimum Gasteiger partial charge on any atom is -0.493 e. The van der Waals surface area contributed by atoms with Crippen molar-refractivity contribution in [3.05, 3.63) is 65.2 Å². The van der Waals surface area contributed by atoms with Crippen molar-refractivity contribution in [2.24, 2.45) is 5.92 Å². The molecule has 1 aliphatic heterocycles. The molecule has 2 aromatic carbocycles. The van der Waals surface area contributed by atoms with Gasteiger partial charge >= 0.3 is 0 Å². The summed E-state index contributed by atoms with van der Waals surface area (Å²) in [5.41, 5.74) is 2.16. The molecule has 0 atom stereocenters. The smallest absolute Gasteiger partial charge is 0.253 e. The van der Waals surface area contributed by atoms with Crippen molar-refractivity contribution in [3.8, 4) is 5.75 Å². The van der Waals surface area contributed by atoms with Crippen LogP contribution in [0, 0.1) is 5.92 Å². The SMILES string of the molecule is CC(C)COc1cccc(C(=O)NCc2cccc(C(=O)N3CCCCC3)c2)c1. The molecule has 1 N–H and O–H groups in total. The average Bonchev–Trinajstić information content (AvgIpc) is 2.76. The minimum absolute atomic E-state index is 0.0767. The Balaban J connectivity index is 1.59. The number of carbonyl (C=O) groups is 2. The van der Waals surface area contributed by atoms with Crippen LogP contribution in [-0.2, 0) is 6.54 Å². The van der Waals surface area contributed by atoms with E-state index in [1.54, 1.807) is 12.1 Å². The normalized spacial score (nSPS) is 14.0. The van der Waals surface area contributed by atoms with Gasteiger partial charge in [0.25, 0.3) is 11.8 Å². The Bertz CT molecular complexity index is 842. The van der Waals surface area contributed by atoms with Crippen LogP contribution in [0.2, 0.25) is 0 Å². The van der Waals surface area contributed by atoms with E-state index < -0.39 is 0 Å². The number of amides is 2. The van der Waals surface area contributed by atoms with Gasteiger partial charge in [-0.2, -0.15) is 0 Å². The molecule has 29 heavy (non-hydrogen) atoms. The van der Waals surface area contributed by atoms with Gasteiger partial charge in [-0.05, 0) is 61.1 Å². The van der Waals surface area contributed by atoms with E-state index in [9.17, 15) is 9.59 Å². The first-order chi connectivity index (χ1) is 14.0. The maximum absolute atomic E-state index is 12.7. The van der Waals surface area contributed by atoms with E-state index in [1.165, 1.54) is 6.42 Å². The van der Waals surface area contributed by atoms with Gasteiger partial charge in [0.2, 0.25) is 0 Å². The van der Waals surface area contributed by atoms with Crippen molar-refractivity contribution in [2.75, 3.05) is 19.7 Å². The number of ether oxygens (including phenoxy) is 1. The van der Waals surface area contributed by atoms with Gasteiger partial charge in [-0.3, -0.25) is 9.59 Å². The zero-order chi connectivity index (χ0) is 20.6. The summed E-state index contributed by atoms with van der Waals surface area (Å²) in [6.07, 6.45) is 3.34. The molecule has 154 valence electrons. The molecule has 0 bridgehead atoms. The largest absolute Gasteiger partial charge is 0.493 e. The van der Waals surface area contributed by atoms with Gasteiger partial charge in [-0.1, -0.05) is 32.0 Å². The van der Waals surface area contributed by atoms with E-state index in [2.05, 4.69) is 19.2 Å². The molecule has 0 radical (unpaired) electrons. The molecule has 3 rings (SSSR count). The number of hydrogen-bond acceptors (Lipinski definition) is 3. The van der Waals surface area contributed by atoms with Crippen molar-refractivity contribution in [1.82, 2.24) is 10.2 Å². The van der Waals surface area contributed by atoms with Crippen LogP contribution in [0.5, 0.6) is 5.75 Å². The van der Waals surface area contributed by atoms with Crippen LogP contribution in [0.1, 0.15) is 59.4 Å². The number of nitrogens with zero attached hydrogens (tertiary/aromatic N) is 1. The van der Waals surface area contributed by atoms with Crippen LogP contribution < -0.4 is 10.1 Å². The molecule has 2 amide bonds. The van der Waals surface area contributed by atoms with Gasteiger partial charge in [0, 0.05) is 30.8 Å². The number of nitrogens with one attached hydrogen (secondary N) is 1. The summed E-state index contributed by atoms with van der Waals surface area (Å²) in [7, 11) is 0. The molecule has 5 heteroatoms. The first-order valence-corrected chi connectivity index (χ1v) is 10.4. The molecule has 0 saturated carbocycles. The van der Waals surface area contributed by atoms with E-state index >= 15 is 0 Å². The Morgan fingerprint density at radius 1 is 1.00 bits per heavy atom. The summed E-state index contributed by atoms with van der Waals surface area (Å²) >= 11 is 0. The fraction of sp³-hybridized carbons (Fsp3) is 0.417. The molecule has 1 heterocycles. The summed E-state index contributed by atoms with van der Waals surface area (Å²) in [5.74, 6) is 1.04. The van der Waals surface area contributed by atoms with Gasteiger partial charge in [0.15, 0.2) is 0 Å². The third-order valence-electron chi connectivity index (χ3n) is 4.95. The molecule has 0 aliphatic carbocycles. The second-order valence-electron chi connectivity index (χ2n) is 7.97. The van der Waals surface area contributed by atoms with Gasteiger partial charge in [-0.25, -0.2) is 0 Å². The topological polar surface area (TPSA) is 58.6 Å². The summed E-state index contributed by atoms with van der Waals surface area (Å²) < 4.78 is 5.70. The second-order valence-corrected chi connectivity index (χ2v) is 7.97. The van der Waals surface area contributed by atoms with Crippen LogP contribution in [0.3, 0.4) is 0 Å². The van der Waals surface area contributed by atoms with Crippen LogP contribution in [0.15, 0.2) is 48.5 Å². The monoisotopic (exact) mass is 394 g/mol. The van der Waals surface area contributed by atoms with Crippen molar-refractivity contribution < 1.29 is 14.3 Å². The van der Waals surface area contributed by atoms with Gasteiger partial charge in [-0.15, -0.1) is 0 Å². The predicted octanol–water partition coefficient (Wildman–Crippen LogP) is 4.28. The molecule has 0 aromatic heterocycles. The number of piperidine rings is 1. The van der Waals surface area contributed by atoms with Crippen molar-refractivity contribution in [1.29, 1.82) is 0 Å². The maximum Gasteiger partial charge on any atom is 0.253 e. The molecule has 2 aromatic rings. The van der Waals surface area contributed by atoms with Crippen molar-refractivity contribution in [3.63, 3.8) is 0 Å². The standard InChI is InChI=1S/C24H30N2O3/c1-18(2)17-29-22-11-7-9-20(15-22)23(27)25-16-19-8-6-10-21(14-19)24(28)26-12-4-3-5-13-26/h6-11,14-15,18H,3-5,12-13,16-17H2,1-2H3,(H,25,27). The summed E-state index contributed by atoms with van der Waals surface area (Å²) in [4.78, 5) is 27.1. The van der Waals surface area contributed by atoms with Crippen molar-refractivity contribution >= 4 is 11.8 Å². The Kier molecular flexibility index (Phi) is 7.28. The number of rotatable bonds is 7. The molecule has 1 fully saturated rings. The van der Waals surface area contributed by atoms with Crippen LogP contribution in [-0.4, -0.2) is 36.4 Å². The highest BCUT2D eigenvalue weighted by Crippen LogP contribution is 2.16. The summed E-state index contributed by atoms with van der Waals surface area (Å²) in [5, 5.41) is 2.93. The molecule has 5 nitrogen and oxygen atoms in total. The lowest BCUT2D eigenvalue weighted by atomic mass is 10.1. The Morgan fingerprint density at radius 2 is 1.72 bits per heavy atom. The fourth-order valence-corrected chi connectivity index (χ4v) is 3.37. The first kappa shape index (κ1) is 20.9. The van der Waals surface area contributed by atoms with Crippen LogP contribution in [0.4, 0.5) is 0 Å². The molecule has 1 saturated heterocycles. The highest BCUT2D eigenvalue weighted by atomic mass is 16.5. The van der Waals surface area contributed by atoms with E-state index in [-0.39, 0.29) is 11.8 Å². The number of hydrogen-bond donors (Lipinski definition) is 1. The Labute approximate surface area is 173 Å². The maximum atomic E-state index is 12.7. The van der Waals surface area contributed by atoms with Crippen LogP contribution in [0.25, 0.3) is 0 Å². The van der Waals surface area contributed by atoms with E-state index in [1.807, 2.05) is 41.3 Å². The third-order valence-corrected chi connectivity index (χ3v) is 4.95. The minimum atomic E-state index is -0.159. The highest BCUT2D eigenvalue weighted by molar-refractivity contribution is 5.95. The van der Waals surface area contributed by atoms with E-state index in [4.69, 9.17) is 4.74 Å². The first-order valence-electron chi connectivity index (χ1n) is 10.4. The Hall–Kier alpha value is -2.82. The van der Waals surface area contributed by atoms with Gasteiger partial charge in [0.05, 0.1) is 6.61 Å². The lowest BCUT2D eigenvalue weighted by Crippen LogP contribution is -2.35. The third kappa shape index (κ3) is 6.08. The number of benzene rings is 2. The summed E-state index contributed by atoms with van der Waals surface area (Å²) in [6, 6.07) is 14.7. The quantitative estimate of drug-likeness (QED) is 0.763. The van der Waals surface area contributed by atoms with E-state index in [0.717, 1.165) is 31.5 Å². The molecule has 0 spiro atoms. The zero-order valence-corrected chi connectivity index (χ0v) is 17.3. The van der Waals surface area contributed by atoms with E-state index in [0.29, 0.717) is 35.9 Å². The predicted molar refractivity (Wildman–Crippen MR) is 114 cm³/mol. The fourth-order valence-electron chi connectivity index (χ4n) is 3.37. The molecular weight excluding hydrogens is 364 g/mol. The second kappa shape index (κ2) is 10.1. The highest BCUT2D eigenvalue weighted by Gasteiger charge is 2.18. The number of carbonyl (C=O) groups excluding carboxylic acids is 2. The van der Waals surface area contributed by atoms with Crippen molar-refractivity contribution in [2.45, 2.75) is 39.7 Å². The number of likely N-dealkylation sites (tertiary alicyclic amines) is 1. The van der Waals surface area contributed by atoms with Gasteiger partial charge in [0.1, 0.15) is 5.75 Å². The lowest BCUT2D eigenvalue weighted by molar-refractivity contribution is 0.0724. The molecular formula is C24H30N2O3. The zero-order valence-electron chi connectivity index (χ0n) is 17.3. The van der Waals surface area contributed by atoms with Gasteiger partial charge < -0.3 is 15.0 Å². The summed E-state index contributed by atoms with van der Waals surface area (Å²) in [6.45, 7) is 6.81. The Morgan fingerprint density at radius 3 is 2.48 bits per heavy atom. The van der Waals surface area contributed by atoms with Crippen LogP contribution >= 0.6 is 0 Å².